The fourth-order valence-corrected chi connectivity index (χ4v) is 3.69. The maximum Gasteiger partial charge on any atom is 0.123 e. The van der Waals surface area contributed by atoms with E-state index in [-0.39, 0.29) is 11.4 Å². The highest BCUT2D eigenvalue weighted by Gasteiger charge is 2.44. The van der Waals surface area contributed by atoms with Gasteiger partial charge in [-0.05, 0) is 92.7 Å². The standard InChI is InChI=1S/C18H19FN2.C14H21N3.CH2O/c1-13(14-3-9-17(20-2)10-4-14)21-18(11-12-18)15-5-7-16(19)8-6-15;1-5-7-8-14(17-12-11-16-4)13(6-2)9-10-15-3;1-2/h3-10,20-21H,1,11-12H2,2H3;5-12,15,17H,4H2,1-3H3;1H2/b;7-5-,10-9-,12-11-,13-6+,14-8-;. The maximum atomic E-state index is 13.1. The summed E-state index contributed by atoms with van der Waals surface area (Å²) in [6.45, 7) is 13.5. The number of carbonyl (C=O) groups is 1. The van der Waals surface area contributed by atoms with Crippen LogP contribution in [0.2, 0.25) is 0 Å². The summed E-state index contributed by atoms with van der Waals surface area (Å²) in [5.74, 6) is -0.198. The van der Waals surface area contributed by atoms with Crippen molar-refractivity contribution in [3.8, 4) is 0 Å². The molecule has 0 heterocycles. The number of hydrogen-bond donors (Lipinski definition) is 4. The normalized spacial score (nSPS) is 14.0. The molecule has 40 heavy (non-hydrogen) atoms. The number of anilines is 1. The summed E-state index contributed by atoms with van der Waals surface area (Å²) in [7, 11) is 3.77. The van der Waals surface area contributed by atoms with E-state index >= 15 is 0 Å². The van der Waals surface area contributed by atoms with Gasteiger partial charge in [-0.1, -0.05) is 49.1 Å². The number of nitrogens with one attached hydrogen (secondary N) is 4. The number of allylic oxidation sites excluding steroid dienone is 5. The molecule has 0 radical (unpaired) electrons. The largest absolute Gasteiger partial charge is 0.394 e. The Bertz CT molecular complexity index is 1200. The molecule has 1 aliphatic rings. The minimum Gasteiger partial charge on any atom is -0.394 e. The van der Waals surface area contributed by atoms with E-state index in [4.69, 9.17) is 4.79 Å². The van der Waals surface area contributed by atoms with Gasteiger partial charge >= 0.3 is 0 Å². The Labute approximate surface area is 238 Å². The van der Waals surface area contributed by atoms with Crippen molar-refractivity contribution in [2.45, 2.75) is 32.2 Å². The molecule has 0 saturated heterocycles. The number of rotatable bonds is 12. The highest BCUT2D eigenvalue weighted by molar-refractivity contribution is 5.65. The first-order chi connectivity index (χ1) is 19.4. The van der Waals surface area contributed by atoms with Crippen LogP contribution in [0, 0.1) is 5.82 Å². The molecule has 1 saturated carbocycles. The van der Waals surface area contributed by atoms with Crippen molar-refractivity contribution in [3.05, 3.63) is 132 Å². The molecule has 0 aliphatic heterocycles. The van der Waals surface area contributed by atoms with Gasteiger partial charge in [-0.15, -0.1) is 0 Å². The fourth-order valence-electron chi connectivity index (χ4n) is 3.69. The van der Waals surface area contributed by atoms with Gasteiger partial charge in [-0.2, -0.15) is 0 Å². The fraction of sp³-hybridized carbons (Fsp3) is 0.212. The quantitative estimate of drug-likeness (QED) is 0.175. The molecule has 6 nitrogen and oxygen atoms in total. The molecule has 0 atom stereocenters. The van der Waals surface area contributed by atoms with Crippen LogP contribution in [0.3, 0.4) is 0 Å². The van der Waals surface area contributed by atoms with Gasteiger partial charge in [0, 0.05) is 43.6 Å². The van der Waals surface area contributed by atoms with Crippen molar-refractivity contribution in [1.29, 1.82) is 0 Å². The lowest BCUT2D eigenvalue weighted by molar-refractivity contribution is -0.0980. The molecule has 0 spiro atoms. The van der Waals surface area contributed by atoms with Crippen molar-refractivity contribution in [1.82, 2.24) is 16.0 Å². The summed E-state index contributed by atoms with van der Waals surface area (Å²) < 4.78 is 13.1. The smallest absolute Gasteiger partial charge is 0.123 e. The summed E-state index contributed by atoms with van der Waals surface area (Å²) >= 11 is 0. The van der Waals surface area contributed by atoms with Gasteiger partial charge in [0.2, 0.25) is 0 Å². The van der Waals surface area contributed by atoms with E-state index in [0.29, 0.717) is 0 Å². The zero-order valence-corrected chi connectivity index (χ0v) is 24.0. The first-order valence-electron chi connectivity index (χ1n) is 12.9. The molecule has 2 aromatic rings. The van der Waals surface area contributed by atoms with Crippen LogP contribution in [0.15, 0.2) is 120 Å². The van der Waals surface area contributed by atoms with Crippen LogP contribution in [-0.4, -0.2) is 27.6 Å². The Morgan fingerprint density at radius 1 is 1.00 bits per heavy atom. The number of carbonyl (C=O) groups excluding carboxylic acids is 1. The van der Waals surface area contributed by atoms with Crippen molar-refractivity contribution in [3.63, 3.8) is 0 Å². The van der Waals surface area contributed by atoms with Crippen molar-refractivity contribution in [2.75, 3.05) is 19.4 Å². The van der Waals surface area contributed by atoms with Gasteiger partial charge in [-0.3, -0.25) is 4.99 Å². The van der Waals surface area contributed by atoms with Crippen LogP contribution < -0.4 is 21.3 Å². The monoisotopic (exact) mass is 543 g/mol. The minimum absolute atomic E-state index is 0.0769. The number of aliphatic imine (C=N–C) groups is 1. The average molecular weight is 544 g/mol. The first-order valence-corrected chi connectivity index (χ1v) is 12.9. The molecule has 7 heteroatoms. The van der Waals surface area contributed by atoms with E-state index < -0.39 is 0 Å². The second-order valence-corrected chi connectivity index (χ2v) is 8.63. The summed E-state index contributed by atoms with van der Waals surface area (Å²) in [4.78, 5) is 11.6. The summed E-state index contributed by atoms with van der Waals surface area (Å²) in [6, 6.07) is 14.9. The van der Waals surface area contributed by atoms with Gasteiger partial charge in [-0.25, -0.2) is 4.39 Å². The zero-order valence-electron chi connectivity index (χ0n) is 24.0. The number of benzene rings is 2. The molecule has 0 amide bonds. The van der Waals surface area contributed by atoms with E-state index in [1.54, 1.807) is 12.4 Å². The van der Waals surface area contributed by atoms with Crippen molar-refractivity contribution in [2.24, 2.45) is 4.99 Å². The molecule has 1 fully saturated rings. The van der Waals surface area contributed by atoms with Crippen LogP contribution in [0.25, 0.3) is 5.70 Å². The number of hydrogen-bond acceptors (Lipinski definition) is 6. The third-order valence-corrected chi connectivity index (χ3v) is 5.98. The molecule has 0 bridgehead atoms. The Morgan fingerprint density at radius 2 is 1.65 bits per heavy atom. The molecular weight excluding hydrogens is 501 g/mol. The molecule has 212 valence electrons. The topological polar surface area (TPSA) is 77.6 Å². The third kappa shape index (κ3) is 11.0. The lowest BCUT2D eigenvalue weighted by Crippen LogP contribution is -2.27. The van der Waals surface area contributed by atoms with Crippen LogP contribution in [0.1, 0.15) is 37.8 Å². The van der Waals surface area contributed by atoms with Gasteiger partial charge < -0.3 is 26.1 Å². The lowest BCUT2D eigenvalue weighted by atomic mass is 10.0. The van der Waals surface area contributed by atoms with E-state index in [0.717, 1.165) is 46.6 Å². The molecule has 0 aromatic heterocycles. The van der Waals surface area contributed by atoms with E-state index in [2.05, 4.69) is 39.6 Å². The van der Waals surface area contributed by atoms with E-state index in [9.17, 15) is 4.39 Å². The van der Waals surface area contributed by atoms with E-state index in [1.165, 1.54) is 12.1 Å². The van der Waals surface area contributed by atoms with Gasteiger partial charge in [0.1, 0.15) is 12.6 Å². The van der Waals surface area contributed by atoms with Crippen LogP contribution in [-0.2, 0) is 10.3 Å². The summed E-state index contributed by atoms with van der Waals surface area (Å²) in [5, 5.41) is 12.8. The molecule has 3 rings (SSSR count). The Hall–Kier alpha value is -4.65. The third-order valence-electron chi connectivity index (χ3n) is 5.98. The minimum atomic E-state index is -0.198. The highest BCUT2D eigenvalue weighted by Crippen LogP contribution is 2.46. The highest BCUT2D eigenvalue weighted by atomic mass is 19.1. The molecule has 2 aromatic carbocycles. The van der Waals surface area contributed by atoms with Crippen molar-refractivity contribution < 1.29 is 9.18 Å². The zero-order chi connectivity index (χ0) is 29.8. The van der Waals surface area contributed by atoms with Gasteiger partial charge in [0.25, 0.3) is 0 Å². The Kier molecular flexibility index (Phi) is 15.5. The number of halogens is 1. The predicted octanol–water partition coefficient (Wildman–Crippen LogP) is 6.82. The Balaban J connectivity index is 0.000000386. The molecule has 1 aliphatic carbocycles. The molecular formula is C33H42FN5O. The molecule has 4 N–H and O–H groups in total. The van der Waals surface area contributed by atoms with Crippen LogP contribution >= 0.6 is 0 Å². The van der Waals surface area contributed by atoms with Gasteiger partial charge in [0.15, 0.2) is 0 Å². The number of nitrogens with zero attached hydrogens (tertiary/aromatic N) is 1. The Morgan fingerprint density at radius 3 is 2.15 bits per heavy atom. The summed E-state index contributed by atoms with van der Waals surface area (Å²) in [5.41, 5.74) is 6.18. The second-order valence-electron chi connectivity index (χ2n) is 8.63. The van der Waals surface area contributed by atoms with Crippen LogP contribution in [0.5, 0.6) is 0 Å². The lowest BCUT2D eigenvalue weighted by Gasteiger charge is -2.21. The first kappa shape index (κ1) is 33.4. The SMILES string of the molecule is C=C(NC1(c2ccc(F)cc2)CC1)c1ccc(NC)cc1.C=N/C=C\NC(=C\C=C/C)/C(/C=C\NC)=C/C.C=O. The summed E-state index contributed by atoms with van der Waals surface area (Å²) in [6.07, 6.45) is 17.3. The second kappa shape index (κ2) is 18.6. The molecule has 0 unspecified atom stereocenters. The predicted molar refractivity (Wildman–Crippen MR) is 169 cm³/mol. The van der Waals surface area contributed by atoms with Gasteiger partial charge in [0.05, 0.1) is 5.54 Å². The maximum absolute atomic E-state index is 13.1. The van der Waals surface area contributed by atoms with Crippen LogP contribution in [0.4, 0.5) is 10.1 Å². The average Bonchev–Trinajstić information content (AvgIpc) is 3.78. The van der Waals surface area contributed by atoms with Crippen molar-refractivity contribution >= 4 is 24.9 Å². The van der Waals surface area contributed by atoms with E-state index in [1.807, 2.05) is 108 Å².